The van der Waals surface area contributed by atoms with E-state index < -0.39 is 199 Å². The van der Waals surface area contributed by atoms with Crippen molar-refractivity contribution in [1.29, 1.82) is 0 Å². The lowest BCUT2D eigenvalue weighted by molar-refractivity contribution is 0.105. The van der Waals surface area contributed by atoms with Crippen molar-refractivity contribution in [2.45, 2.75) is 44.5 Å². The van der Waals surface area contributed by atoms with E-state index in [4.69, 9.17) is 5.11 Å². The van der Waals surface area contributed by atoms with Crippen molar-refractivity contribution in [3.05, 3.63) is 123 Å². The molecule has 0 amide bonds. The summed E-state index contributed by atoms with van der Waals surface area (Å²) in [5.41, 5.74) is -13.6. The van der Waals surface area contributed by atoms with Crippen molar-refractivity contribution in [2.24, 2.45) is 0 Å². The van der Waals surface area contributed by atoms with E-state index in [0.717, 1.165) is 36.4 Å². The third-order valence-electron chi connectivity index (χ3n) is 11.9. The summed E-state index contributed by atoms with van der Waals surface area (Å²) in [5.74, 6) is -24.1. The number of halogens is 12. The fraction of sp³-hybridized carbons (Fsp3) is 0.229. The molecular formula is C48H38F12N6O5. The smallest absolute Gasteiger partial charge is 0.185 e. The van der Waals surface area contributed by atoms with Gasteiger partial charge in [0.05, 0.1) is 65.1 Å². The second-order valence-corrected chi connectivity index (χ2v) is 16.4. The van der Waals surface area contributed by atoms with Gasteiger partial charge in [0, 0.05) is 62.9 Å². The second kappa shape index (κ2) is 20.0. The van der Waals surface area contributed by atoms with Gasteiger partial charge >= 0.3 is 0 Å². The Kier molecular flexibility index (Phi) is 14.2. The van der Waals surface area contributed by atoms with Gasteiger partial charge in [0.15, 0.2) is 69.8 Å². The Hall–Kier alpha value is -7.05. The number of hydrogen-bond acceptors (Lipinski definition) is 8. The Labute approximate surface area is 392 Å². The summed E-state index contributed by atoms with van der Waals surface area (Å²) in [6.07, 6.45) is -2.85. The van der Waals surface area contributed by atoms with Crippen LogP contribution in [0.1, 0.15) is 36.7 Å². The molecule has 1 aliphatic rings. The molecule has 23 heteroatoms. The first kappa shape index (κ1) is 50.3. The maximum atomic E-state index is 16.6. The molecule has 8 rings (SSSR count). The van der Waals surface area contributed by atoms with Gasteiger partial charge in [-0.15, -0.1) is 0 Å². The predicted octanol–water partition coefficient (Wildman–Crippen LogP) is 9.60. The predicted molar refractivity (Wildman–Crippen MR) is 239 cm³/mol. The molecule has 0 saturated carbocycles. The van der Waals surface area contributed by atoms with Gasteiger partial charge in [-0.05, 0) is 67.8 Å². The molecule has 71 heavy (non-hydrogen) atoms. The number of nitrogens with zero attached hydrogens (tertiary/aromatic N) is 1. The Balaban J connectivity index is 1.52. The van der Waals surface area contributed by atoms with Gasteiger partial charge in [-0.2, -0.15) is 0 Å². The lowest BCUT2D eigenvalue weighted by atomic mass is 9.97. The molecule has 0 spiro atoms. The summed E-state index contributed by atoms with van der Waals surface area (Å²) < 4.78 is 194. The van der Waals surface area contributed by atoms with Crippen LogP contribution in [0.25, 0.3) is 78.6 Å². The summed E-state index contributed by atoms with van der Waals surface area (Å²) >= 11 is 0. The van der Waals surface area contributed by atoms with Crippen molar-refractivity contribution in [3.63, 3.8) is 0 Å². The molecule has 0 fully saturated rings. The lowest BCUT2D eigenvalue weighted by Gasteiger charge is -2.16. The average molecular weight is 1010 g/mol. The van der Waals surface area contributed by atoms with Gasteiger partial charge in [-0.1, -0.05) is 6.92 Å². The van der Waals surface area contributed by atoms with Crippen molar-refractivity contribution in [3.8, 4) is 33.4 Å². The zero-order chi connectivity index (χ0) is 51.3. The van der Waals surface area contributed by atoms with E-state index in [1.807, 2.05) is 10.6 Å². The Morgan fingerprint density at radius 1 is 0.437 bits per heavy atom. The fourth-order valence-corrected chi connectivity index (χ4v) is 8.16. The topological polar surface area (TPSA) is 185 Å². The van der Waals surface area contributed by atoms with Gasteiger partial charge in [-0.3, -0.25) is 0 Å². The number of anilines is 2. The highest BCUT2D eigenvalue weighted by Gasteiger charge is 2.33. The molecule has 3 atom stereocenters. The first-order valence-corrected chi connectivity index (χ1v) is 21.5. The molecule has 3 aromatic carbocycles. The first-order valence-electron chi connectivity index (χ1n) is 21.5. The molecule has 8 bridgehead atoms. The van der Waals surface area contributed by atoms with Crippen LogP contribution in [0.5, 0.6) is 0 Å². The van der Waals surface area contributed by atoms with Crippen LogP contribution >= 0.6 is 0 Å². The highest BCUT2D eigenvalue weighted by atomic mass is 19.2. The molecule has 0 aliphatic carbocycles. The van der Waals surface area contributed by atoms with E-state index in [1.165, 1.54) is 12.1 Å². The Morgan fingerprint density at radius 3 is 1.17 bits per heavy atom. The summed E-state index contributed by atoms with van der Waals surface area (Å²) in [4.78, 5) is 12.4. The molecule has 5 heterocycles. The minimum atomic E-state index is -2.13. The number of aromatic amines is 3. The number of benzene rings is 3. The van der Waals surface area contributed by atoms with Crippen LogP contribution in [0.15, 0.2) is 36.4 Å². The first-order chi connectivity index (χ1) is 33.8. The Morgan fingerprint density at radius 2 is 0.775 bits per heavy atom. The zero-order valence-electron chi connectivity index (χ0n) is 36.5. The minimum absolute atomic E-state index is 0.0493. The number of H-pyrrole nitrogens is 3. The number of nitrogens with one attached hydrogen (secondary N) is 5. The van der Waals surface area contributed by atoms with Gasteiger partial charge in [0.2, 0.25) is 0 Å². The number of aliphatic hydroxyl groups is 5. The summed E-state index contributed by atoms with van der Waals surface area (Å²) in [6, 6.07) is 6.32. The monoisotopic (exact) mass is 1010 g/mol. The normalized spacial score (nSPS) is 13.4. The van der Waals surface area contributed by atoms with Crippen LogP contribution in [-0.2, 0) is 6.42 Å². The van der Waals surface area contributed by atoms with Crippen molar-refractivity contribution in [2.75, 3.05) is 36.9 Å². The van der Waals surface area contributed by atoms with Gasteiger partial charge < -0.3 is 51.1 Å². The zero-order valence-corrected chi connectivity index (χ0v) is 36.5. The van der Waals surface area contributed by atoms with Crippen LogP contribution in [-0.4, -0.2) is 90.1 Å². The Bertz CT molecular complexity index is 3320. The third-order valence-corrected chi connectivity index (χ3v) is 11.9. The number of rotatable bonds is 15. The maximum absolute atomic E-state index is 16.6. The molecule has 7 aromatic rings. The standard InChI is InChI=1S/C48H38F12N6O5/c1-2-17(69)3-4-20-35(49)37(51)32(38(52)36(20)50)29-23-7-5-21(63-23)22-6-8-24(64-22)30(33-39(53)43(57)47(44(58)40(33)54)61-13-18(70)15-67)26-10-12-28(66-26)31(27-11-9-25(29)65-27)34-41(55)45(59)48(46(60)42(34)56)62-14-19(71)16-68/h5-12,17-19,61-63,65-71H,2-4,13-16H2,1H3/t17-,18+,19+/m1/s1. The van der Waals surface area contributed by atoms with Crippen LogP contribution in [0.2, 0.25) is 0 Å². The van der Waals surface area contributed by atoms with E-state index in [1.54, 1.807) is 6.92 Å². The molecule has 0 saturated heterocycles. The lowest BCUT2D eigenvalue weighted by Crippen LogP contribution is -2.24. The van der Waals surface area contributed by atoms with E-state index in [2.05, 4.69) is 19.9 Å². The number of aromatic nitrogens is 4. The van der Waals surface area contributed by atoms with Crippen LogP contribution in [0, 0.1) is 69.8 Å². The maximum Gasteiger partial charge on any atom is 0.185 e. The van der Waals surface area contributed by atoms with E-state index in [9.17, 15) is 20.4 Å². The molecular weight excluding hydrogens is 969 g/mol. The molecule has 374 valence electrons. The molecule has 1 aliphatic heterocycles. The molecule has 4 aromatic heterocycles. The molecule has 0 unspecified atom stereocenters. The summed E-state index contributed by atoms with van der Waals surface area (Å²) in [5, 5.41) is 51.8. The van der Waals surface area contributed by atoms with Crippen LogP contribution < -0.4 is 10.6 Å². The van der Waals surface area contributed by atoms with Gasteiger partial charge in [0.25, 0.3) is 0 Å². The number of fused-ring (bicyclic) bond motifs is 9. The number of hydrogen-bond donors (Lipinski definition) is 10. The van der Waals surface area contributed by atoms with Crippen molar-refractivity contribution < 1.29 is 78.2 Å². The molecule has 10 N–H and O–H groups in total. The third kappa shape index (κ3) is 8.92. The van der Waals surface area contributed by atoms with E-state index in [-0.39, 0.29) is 29.6 Å². The second-order valence-electron chi connectivity index (χ2n) is 16.4. The fourth-order valence-electron chi connectivity index (χ4n) is 8.16. The van der Waals surface area contributed by atoms with Crippen molar-refractivity contribution in [1.82, 2.24) is 19.9 Å². The highest BCUT2D eigenvalue weighted by molar-refractivity contribution is 6.01. The van der Waals surface area contributed by atoms with Crippen LogP contribution in [0.3, 0.4) is 0 Å². The van der Waals surface area contributed by atoms with Crippen LogP contribution in [0.4, 0.5) is 64.1 Å². The van der Waals surface area contributed by atoms with E-state index >= 15 is 52.7 Å². The SMILES string of the molecule is CC[C@@H](O)CCc1c(F)c(F)c(-c2c3ccc([nH]3)c3nc(c(-c4c(F)c(F)c(NC[C@H](O)CO)c(F)c4F)c4ccc([nH]4)c(-c4c(F)c(F)c(NC[C@H](O)CO)c(F)c4F)c4ccc2[nH]4)C=C3)c(F)c1F. The number of aliphatic hydroxyl groups excluding tert-OH is 5. The average Bonchev–Trinajstić information content (AvgIpc) is 4.22. The van der Waals surface area contributed by atoms with Crippen molar-refractivity contribution >= 4 is 56.6 Å². The summed E-state index contributed by atoms with van der Waals surface area (Å²) in [7, 11) is 0. The quantitative estimate of drug-likeness (QED) is 0.0356. The summed E-state index contributed by atoms with van der Waals surface area (Å²) in [6.45, 7) is -1.88. The molecule has 11 nitrogen and oxygen atoms in total. The molecule has 0 radical (unpaired) electrons. The van der Waals surface area contributed by atoms with Gasteiger partial charge in [-0.25, -0.2) is 57.7 Å². The minimum Gasteiger partial charge on any atom is -0.394 e. The largest absolute Gasteiger partial charge is 0.394 e. The van der Waals surface area contributed by atoms with Gasteiger partial charge in [0.1, 0.15) is 11.4 Å². The highest BCUT2D eigenvalue weighted by Crippen LogP contribution is 2.43. The van der Waals surface area contributed by atoms with E-state index in [0.29, 0.717) is 0 Å².